The quantitative estimate of drug-likeness (QED) is 0.867. The number of aromatic carboxylic acids is 1. The molecule has 24 heavy (non-hydrogen) atoms. The molecule has 0 aliphatic heterocycles. The Bertz CT molecular complexity index is 789. The van der Waals surface area contributed by atoms with Gasteiger partial charge in [0.1, 0.15) is 16.5 Å². The minimum absolute atomic E-state index is 0.218. The van der Waals surface area contributed by atoms with Gasteiger partial charge in [0.2, 0.25) is 0 Å². The fraction of sp³-hybridized carbons (Fsp3) is 0.294. The van der Waals surface area contributed by atoms with Crippen molar-refractivity contribution in [2.75, 3.05) is 19.5 Å². The Morgan fingerprint density at radius 3 is 2.38 bits per heavy atom. The molecule has 2 aromatic rings. The summed E-state index contributed by atoms with van der Waals surface area (Å²) in [6, 6.07) is 4.83. The normalized spacial score (nSPS) is 12.6. The van der Waals surface area contributed by atoms with Gasteiger partial charge in [0.05, 0.1) is 19.8 Å². The molecule has 126 valence electrons. The van der Waals surface area contributed by atoms with E-state index in [1.807, 2.05) is 0 Å². The van der Waals surface area contributed by atoms with Crippen LogP contribution in [0.3, 0.4) is 0 Å². The molecule has 7 heteroatoms. The van der Waals surface area contributed by atoms with Crippen LogP contribution in [-0.4, -0.2) is 31.2 Å². The number of aryl methyl sites for hydroxylation is 1. The molecule has 0 atom stereocenters. The number of thiophene rings is 1. The number of anilines is 1. The standard InChI is InChI=1S/C17H17NO5S/c1-22-10-6-9(7-11(8-10)23-2)15(19)18-16-14(17(20)21)12-4-3-5-13(12)24-16/h6-8H,3-5H2,1-2H3,(H,18,19)(H,20,21). The van der Waals surface area contributed by atoms with E-state index in [4.69, 9.17) is 9.47 Å². The van der Waals surface area contributed by atoms with Crippen molar-refractivity contribution in [2.45, 2.75) is 19.3 Å². The van der Waals surface area contributed by atoms with Crippen molar-refractivity contribution in [3.8, 4) is 11.5 Å². The van der Waals surface area contributed by atoms with Crippen molar-refractivity contribution in [1.82, 2.24) is 0 Å². The SMILES string of the molecule is COc1cc(OC)cc(C(=O)Nc2sc3c(c2C(=O)O)CCC3)c1. The molecule has 0 saturated heterocycles. The zero-order chi connectivity index (χ0) is 17.3. The van der Waals surface area contributed by atoms with Crippen LogP contribution in [0.15, 0.2) is 18.2 Å². The van der Waals surface area contributed by atoms with E-state index in [0.717, 1.165) is 29.7 Å². The number of carbonyl (C=O) groups excluding carboxylic acids is 1. The lowest BCUT2D eigenvalue weighted by atomic mass is 10.1. The smallest absolute Gasteiger partial charge is 0.339 e. The predicted molar refractivity (Wildman–Crippen MR) is 90.8 cm³/mol. The highest BCUT2D eigenvalue weighted by molar-refractivity contribution is 7.17. The lowest BCUT2D eigenvalue weighted by molar-refractivity contribution is 0.0697. The Morgan fingerprint density at radius 1 is 1.12 bits per heavy atom. The molecular weight excluding hydrogens is 330 g/mol. The van der Waals surface area contributed by atoms with Crippen LogP contribution in [0.1, 0.15) is 37.6 Å². The lowest BCUT2D eigenvalue weighted by Gasteiger charge is -2.09. The van der Waals surface area contributed by atoms with Crippen LogP contribution < -0.4 is 14.8 Å². The molecule has 0 spiro atoms. The summed E-state index contributed by atoms with van der Waals surface area (Å²) in [5, 5.41) is 12.6. The largest absolute Gasteiger partial charge is 0.497 e. The number of rotatable bonds is 5. The molecule has 1 amide bonds. The number of amides is 1. The van der Waals surface area contributed by atoms with Crippen molar-refractivity contribution in [1.29, 1.82) is 0 Å². The third kappa shape index (κ3) is 2.94. The summed E-state index contributed by atoms with van der Waals surface area (Å²) in [6.45, 7) is 0. The molecule has 0 radical (unpaired) electrons. The van der Waals surface area contributed by atoms with Gasteiger partial charge < -0.3 is 19.9 Å². The van der Waals surface area contributed by atoms with Crippen molar-refractivity contribution in [3.63, 3.8) is 0 Å². The molecule has 2 N–H and O–H groups in total. The molecule has 0 bridgehead atoms. The minimum Gasteiger partial charge on any atom is -0.497 e. The molecular formula is C17H17NO5S. The van der Waals surface area contributed by atoms with E-state index in [9.17, 15) is 14.7 Å². The first-order chi connectivity index (χ1) is 11.5. The average molecular weight is 347 g/mol. The highest BCUT2D eigenvalue weighted by Crippen LogP contribution is 2.39. The molecule has 1 aliphatic carbocycles. The van der Waals surface area contributed by atoms with Crippen molar-refractivity contribution in [3.05, 3.63) is 39.8 Å². The van der Waals surface area contributed by atoms with E-state index in [-0.39, 0.29) is 5.56 Å². The average Bonchev–Trinajstić information content (AvgIpc) is 3.14. The molecule has 3 rings (SSSR count). The minimum atomic E-state index is -1.01. The van der Waals surface area contributed by atoms with Crippen LogP contribution in [0, 0.1) is 0 Å². The van der Waals surface area contributed by atoms with Crippen LogP contribution in [0.4, 0.5) is 5.00 Å². The third-order valence-electron chi connectivity index (χ3n) is 3.98. The number of ether oxygens (including phenoxy) is 2. The molecule has 0 unspecified atom stereocenters. The number of carbonyl (C=O) groups is 2. The second-order valence-corrected chi connectivity index (χ2v) is 6.53. The van der Waals surface area contributed by atoms with Gasteiger partial charge in [0.15, 0.2) is 0 Å². The Kier molecular flexibility index (Phi) is 4.44. The molecule has 1 aliphatic rings. The van der Waals surface area contributed by atoms with E-state index in [1.54, 1.807) is 18.2 Å². The number of carboxylic acids is 1. The van der Waals surface area contributed by atoms with E-state index < -0.39 is 11.9 Å². The van der Waals surface area contributed by atoms with Crippen LogP contribution in [-0.2, 0) is 12.8 Å². The van der Waals surface area contributed by atoms with Crippen LogP contribution in [0.5, 0.6) is 11.5 Å². The first-order valence-corrected chi connectivity index (χ1v) is 8.27. The second-order valence-electron chi connectivity index (χ2n) is 5.42. The second kappa shape index (κ2) is 6.52. The summed E-state index contributed by atoms with van der Waals surface area (Å²) in [5.41, 5.74) is 1.41. The Morgan fingerprint density at radius 2 is 1.79 bits per heavy atom. The highest BCUT2D eigenvalue weighted by Gasteiger charge is 2.27. The van der Waals surface area contributed by atoms with Crippen molar-refractivity contribution in [2.24, 2.45) is 0 Å². The fourth-order valence-electron chi connectivity index (χ4n) is 2.83. The first kappa shape index (κ1) is 16.3. The number of methoxy groups -OCH3 is 2. The van der Waals surface area contributed by atoms with Gasteiger partial charge in [-0.25, -0.2) is 4.79 Å². The number of hydrogen-bond acceptors (Lipinski definition) is 5. The Hall–Kier alpha value is -2.54. The molecule has 0 saturated carbocycles. The van der Waals surface area contributed by atoms with Gasteiger partial charge >= 0.3 is 5.97 Å². The van der Waals surface area contributed by atoms with Crippen LogP contribution >= 0.6 is 11.3 Å². The summed E-state index contributed by atoms with van der Waals surface area (Å²) in [4.78, 5) is 25.2. The monoisotopic (exact) mass is 347 g/mol. The zero-order valence-electron chi connectivity index (χ0n) is 13.3. The number of nitrogens with one attached hydrogen (secondary N) is 1. The van der Waals surface area contributed by atoms with Gasteiger partial charge in [-0.2, -0.15) is 0 Å². The third-order valence-corrected chi connectivity index (χ3v) is 5.18. The molecule has 1 aromatic heterocycles. The van der Waals surface area contributed by atoms with Gasteiger partial charge in [0.25, 0.3) is 5.91 Å². The summed E-state index contributed by atoms with van der Waals surface area (Å²) in [6.07, 6.45) is 2.57. The van der Waals surface area contributed by atoms with E-state index >= 15 is 0 Å². The molecule has 1 heterocycles. The summed E-state index contributed by atoms with van der Waals surface area (Å²) in [7, 11) is 3.01. The number of hydrogen-bond donors (Lipinski definition) is 2. The lowest BCUT2D eigenvalue weighted by Crippen LogP contribution is -2.14. The molecule has 1 aromatic carbocycles. The van der Waals surface area contributed by atoms with Crippen molar-refractivity contribution < 1.29 is 24.2 Å². The number of carboxylic acid groups (broad SMARTS) is 1. The highest BCUT2D eigenvalue weighted by atomic mass is 32.1. The summed E-state index contributed by atoms with van der Waals surface area (Å²) >= 11 is 1.34. The summed E-state index contributed by atoms with van der Waals surface area (Å²) < 4.78 is 10.3. The first-order valence-electron chi connectivity index (χ1n) is 7.45. The van der Waals surface area contributed by atoms with E-state index in [2.05, 4.69) is 5.32 Å². The van der Waals surface area contributed by atoms with E-state index in [0.29, 0.717) is 22.1 Å². The van der Waals surface area contributed by atoms with Gasteiger partial charge in [-0.1, -0.05) is 0 Å². The van der Waals surface area contributed by atoms with Gasteiger partial charge in [-0.3, -0.25) is 4.79 Å². The maximum absolute atomic E-state index is 12.5. The van der Waals surface area contributed by atoms with Crippen LogP contribution in [0.2, 0.25) is 0 Å². The Balaban J connectivity index is 1.92. The van der Waals surface area contributed by atoms with Gasteiger partial charge in [-0.15, -0.1) is 11.3 Å². The van der Waals surface area contributed by atoms with E-state index in [1.165, 1.54) is 25.6 Å². The number of benzene rings is 1. The fourth-order valence-corrected chi connectivity index (χ4v) is 4.11. The predicted octanol–water partition coefficient (Wildman–Crippen LogP) is 3.20. The topological polar surface area (TPSA) is 84.9 Å². The van der Waals surface area contributed by atoms with Gasteiger partial charge in [0, 0.05) is 16.5 Å². The van der Waals surface area contributed by atoms with Gasteiger partial charge in [-0.05, 0) is 37.0 Å². The van der Waals surface area contributed by atoms with Crippen LogP contribution in [0.25, 0.3) is 0 Å². The van der Waals surface area contributed by atoms with Crippen molar-refractivity contribution >= 4 is 28.2 Å². The maximum atomic E-state index is 12.5. The summed E-state index contributed by atoms with van der Waals surface area (Å²) in [5.74, 6) is -0.416. The molecule has 6 nitrogen and oxygen atoms in total. The maximum Gasteiger partial charge on any atom is 0.339 e. The molecule has 0 fully saturated rings. The zero-order valence-corrected chi connectivity index (χ0v) is 14.2. The Labute approximate surface area is 143 Å². The number of fused-ring (bicyclic) bond motifs is 1.